The molecule has 2 aromatic rings. The molecule has 0 fully saturated rings. The predicted molar refractivity (Wildman–Crippen MR) is 77.5 cm³/mol. The minimum atomic E-state index is -3.73. The zero-order valence-electron chi connectivity index (χ0n) is 10.4. The zero-order chi connectivity index (χ0) is 14.8. The van der Waals surface area contributed by atoms with Crippen molar-refractivity contribution in [2.45, 2.75) is 17.9 Å². The van der Waals surface area contributed by atoms with Crippen molar-refractivity contribution in [3.05, 3.63) is 46.4 Å². The molecule has 0 aliphatic rings. The lowest BCUT2D eigenvalue weighted by molar-refractivity contribution is 0.0935. The molecular weight excluding hydrogens is 320 g/mol. The Morgan fingerprint density at radius 1 is 1.35 bits per heavy atom. The van der Waals surface area contributed by atoms with Crippen LogP contribution in [-0.4, -0.2) is 19.3 Å². The quantitative estimate of drug-likeness (QED) is 0.874. The second-order valence-corrected chi connectivity index (χ2v) is 7.36. The Hall–Kier alpha value is -1.44. The van der Waals surface area contributed by atoms with Gasteiger partial charge in [0.05, 0.1) is 16.4 Å². The Kier molecular flexibility index (Phi) is 4.42. The van der Waals surface area contributed by atoms with Crippen LogP contribution in [0.4, 0.5) is 0 Å². The van der Waals surface area contributed by atoms with Crippen LogP contribution in [0.5, 0.6) is 0 Å². The Morgan fingerprint density at radius 3 is 2.50 bits per heavy atom. The lowest BCUT2D eigenvalue weighted by Gasteiger charge is -2.13. The van der Waals surface area contributed by atoms with Crippen LogP contribution in [0.15, 0.2) is 40.1 Å². The normalized spacial score (nSPS) is 12.9. The van der Waals surface area contributed by atoms with E-state index in [-0.39, 0.29) is 16.8 Å². The molecule has 0 radical (unpaired) electrons. The largest absolute Gasteiger partial charge is 0.344 e. The third-order valence-electron chi connectivity index (χ3n) is 2.67. The van der Waals surface area contributed by atoms with Crippen molar-refractivity contribution in [1.29, 1.82) is 0 Å². The maximum Gasteiger partial charge on any atom is 0.271 e. The summed E-state index contributed by atoms with van der Waals surface area (Å²) >= 11 is 1.34. The first kappa shape index (κ1) is 15.0. The van der Waals surface area contributed by atoms with Crippen molar-refractivity contribution in [3.63, 3.8) is 0 Å². The Balaban J connectivity index is 2.10. The molecule has 5 nitrogen and oxygen atoms in total. The highest BCUT2D eigenvalue weighted by Gasteiger charge is 2.14. The number of carbonyl (C=O) groups is 1. The maximum absolute atomic E-state index is 11.8. The molecule has 1 heterocycles. The molecule has 1 atom stereocenters. The van der Waals surface area contributed by atoms with E-state index in [2.05, 4.69) is 10.3 Å². The van der Waals surface area contributed by atoms with Crippen molar-refractivity contribution in [1.82, 2.24) is 10.3 Å². The first-order valence-electron chi connectivity index (χ1n) is 5.61. The van der Waals surface area contributed by atoms with Crippen molar-refractivity contribution in [2.24, 2.45) is 0 Å². The fourth-order valence-electron chi connectivity index (χ4n) is 1.60. The summed E-state index contributed by atoms with van der Waals surface area (Å²) in [5, 5.41) is 4.44. The summed E-state index contributed by atoms with van der Waals surface area (Å²) in [5.41, 5.74) is 2.72. The van der Waals surface area contributed by atoms with Gasteiger partial charge in [-0.15, -0.1) is 11.3 Å². The fraction of sp³-hybridized carbons (Fsp3) is 0.167. The Morgan fingerprint density at radius 2 is 2.00 bits per heavy atom. The first-order chi connectivity index (χ1) is 9.38. The number of carbonyl (C=O) groups excluding carboxylic acids is 1. The van der Waals surface area contributed by atoms with Gasteiger partial charge in [-0.05, 0) is 24.6 Å². The van der Waals surface area contributed by atoms with Gasteiger partial charge in [-0.25, -0.2) is 13.4 Å². The van der Waals surface area contributed by atoms with Gasteiger partial charge in [-0.3, -0.25) is 4.79 Å². The summed E-state index contributed by atoms with van der Waals surface area (Å²) in [4.78, 5) is 15.8. The van der Waals surface area contributed by atoms with Crippen LogP contribution in [0.3, 0.4) is 0 Å². The van der Waals surface area contributed by atoms with Crippen molar-refractivity contribution >= 4 is 37.0 Å². The van der Waals surface area contributed by atoms with E-state index in [0.717, 1.165) is 5.56 Å². The zero-order valence-corrected chi connectivity index (χ0v) is 12.8. The number of halogens is 1. The molecule has 20 heavy (non-hydrogen) atoms. The highest BCUT2D eigenvalue weighted by atomic mass is 35.7. The molecule has 106 valence electrons. The van der Waals surface area contributed by atoms with E-state index in [1.807, 2.05) is 0 Å². The number of hydrogen-bond donors (Lipinski definition) is 1. The molecule has 0 saturated heterocycles. The van der Waals surface area contributed by atoms with Crippen LogP contribution in [0.1, 0.15) is 29.0 Å². The van der Waals surface area contributed by atoms with Crippen LogP contribution in [0.25, 0.3) is 0 Å². The van der Waals surface area contributed by atoms with Crippen LogP contribution in [-0.2, 0) is 9.05 Å². The number of nitrogens with one attached hydrogen (secondary N) is 1. The molecule has 1 aromatic carbocycles. The van der Waals surface area contributed by atoms with Crippen molar-refractivity contribution in [2.75, 3.05) is 0 Å². The molecule has 2 rings (SSSR count). The summed E-state index contributed by atoms with van der Waals surface area (Å²) in [6.07, 6.45) is 0. The van der Waals surface area contributed by atoms with Gasteiger partial charge >= 0.3 is 0 Å². The van der Waals surface area contributed by atoms with Gasteiger partial charge in [0.15, 0.2) is 0 Å². The van der Waals surface area contributed by atoms with E-state index in [0.29, 0.717) is 5.69 Å². The molecule has 0 aliphatic carbocycles. The summed E-state index contributed by atoms with van der Waals surface area (Å²) in [6.45, 7) is 1.80. The molecule has 0 spiro atoms. The summed E-state index contributed by atoms with van der Waals surface area (Å²) in [7, 11) is 1.51. The average molecular weight is 331 g/mol. The third kappa shape index (κ3) is 3.56. The Bertz CT molecular complexity index is 697. The summed E-state index contributed by atoms with van der Waals surface area (Å²) < 4.78 is 22.3. The van der Waals surface area contributed by atoms with Crippen molar-refractivity contribution in [3.8, 4) is 0 Å². The maximum atomic E-state index is 11.8. The van der Waals surface area contributed by atoms with Gasteiger partial charge in [0.2, 0.25) is 0 Å². The first-order valence-corrected chi connectivity index (χ1v) is 8.87. The molecule has 0 aliphatic heterocycles. The molecule has 1 aromatic heterocycles. The van der Waals surface area contributed by atoms with Gasteiger partial charge in [0, 0.05) is 16.1 Å². The topological polar surface area (TPSA) is 76.1 Å². The number of amides is 1. The lowest BCUT2D eigenvalue weighted by atomic mass is 10.1. The minimum absolute atomic E-state index is 0.0287. The second kappa shape index (κ2) is 5.90. The van der Waals surface area contributed by atoms with Gasteiger partial charge in [-0.2, -0.15) is 0 Å². The van der Waals surface area contributed by atoms with Crippen LogP contribution >= 0.6 is 22.0 Å². The molecule has 1 amide bonds. The van der Waals surface area contributed by atoms with E-state index in [9.17, 15) is 13.2 Å². The number of hydrogen-bond acceptors (Lipinski definition) is 5. The SMILES string of the molecule is CC(NC(=O)c1cscn1)c1ccc(S(=O)(=O)Cl)cc1. The lowest BCUT2D eigenvalue weighted by Crippen LogP contribution is -2.26. The van der Waals surface area contributed by atoms with Gasteiger partial charge in [0.1, 0.15) is 5.69 Å². The monoisotopic (exact) mass is 330 g/mol. The molecular formula is C12H11ClN2O3S2. The summed E-state index contributed by atoms with van der Waals surface area (Å²) in [6, 6.07) is 5.77. The summed E-state index contributed by atoms with van der Waals surface area (Å²) in [5.74, 6) is -0.271. The average Bonchev–Trinajstić information content (AvgIpc) is 2.91. The molecule has 1 N–H and O–H groups in total. The number of thiazole rings is 1. The van der Waals surface area contributed by atoms with Crippen molar-refractivity contribution < 1.29 is 13.2 Å². The van der Waals surface area contributed by atoms with E-state index in [4.69, 9.17) is 10.7 Å². The second-order valence-electron chi connectivity index (χ2n) is 4.08. The van der Waals surface area contributed by atoms with Gasteiger partial charge in [0.25, 0.3) is 15.0 Å². The molecule has 0 saturated carbocycles. The molecule has 0 bridgehead atoms. The van der Waals surface area contributed by atoms with Crippen LogP contribution in [0.2, 0.25) is 0 Å². The molecule has 8 heteroatoms. The number of rotatable bonds is 4. The number of aromatic nitrogens is 1. The van der Waals surface area contributed by atoms with Gasteiger partial charge in [-0.1, -0.05) is 12.1 Å². The molecule has 1 unspecified atom stereocenters. The highest BCUT2D eigenvalue weighted by molar-refractivity contribution is 8.13. The van der Waals surface area contributed by atoms with E-state index in [1.165, 1.54) is 23.5 Å². The minimum Gasteiger partial charge on any atom is -0.344 e. The highest BCUT2D eigenvalue weighted by Crippen LogP contribution is 2.19. The van der Waals surface area contributed by atoms with Crippen LogP contribution < -0.4 is 5.32 Å². The van der Waals surface area contributed by atoms with E-state index >= 15 is 0 Å². The Labute approximate surface area is 125 Å². The number of nitrogens with zero attached hydrogens (tertiary/aromatic N) is 1. The smallest absolute Gasteiger partial charge is 0.271 e. The number of benzene rings is 1. The van der Waals surface area contributed by atoms with Crippen LogP contribution in [0, 0.1) is 0 Å². The van der Waals surface area contributed by atoms with E-state index in [1.54, 1.807) is 29.9 Å². The van der Waals surface area contributed by atoms with E-state index < -0.39 is 9.05 Å². The van der Waals surface area contributed by atoms with Gasteiger partial charge < -0.3 is 5.32 Å². The third-order valence-corrected chi connectivity index (χ3v) is 4.63. The standard InChI is InChI=1S/C12H11ClN2O3S2/c1-8(15-12(16)11-6-19-7-14-11)9-2-4-10(5-3-9)20(13,17)18/h2-8H,1H3,(H,15,16). The fourth-order valence-corrected chi connectivity index (χ4v) is 2.90. The predicted octanol–water partition coefficient (Wildman–Crippen LogP) is 2.56.